The third-order valence-corrected chi connectivity index (χ3v) is 9.36. The van der Waals surface area contributed by atoms with Gasteiger partial charge in [-0.3, -0.25) is 14.3 Å². The molecule has 2 aromatic carbocycles. The number of carbonyl (C=O) groups is 1. The van der Waals surface area contributed by atoms with Crippen molar-refractivity contribution >= 4 is 27.3 Å². The number of hydrogen-bond acceptors (Lipinski definition) is 10. The van der Waals surface area contributed by atoms with E-state index < -0.39 is 49.4 Å². The highest BCUT2D eigenvalue weighted by Crippen LogP contribution is 2.36. The minimum atomic E-state index is -4.58. The monoisotopic (exact) mass is 759 g/mol. The first-order chi connectivity index (χ1) is 25.0. The average Bonchev–Trinajstić information content (AvgIpc) is 3.57. The van der Waals surface area contributed by atoms with E-state index in [0.717, 1.165) is 53.9 Å². The van der Waals surface area contributed by atoms with Gasteiger partial charge in [-0.1, -0.05) is 37.6 Å². The maximum atomic E-state index is 13.7. The molecule has 0 spiro atoms. The van der Waals surface area contributed by atoms with Crippen molar-refractivity contribution < 1.29 is 40.6 Å². The molecule has 3 aromatic heterocycles. The molecule has 0 amide bonds. The largest absolute Gasteiger partial charge is 0.467 e. The molecule has 0 atom stereocenters. The summed E-state index contributed by atoms with van der Waals surface area (Å²) in [6.45, 7) is 13.5. The van der Waals surface area contributed by atoms with Crippen LogP contribution < -0.4 is 19.8 Å². The Balaban J connectivity index is 0.000000208. The summed E-state index contributed by atoms with van der Waals surface area (Å²) >= 11 is 0. The molecule has 6 rings (SSSR count). The molecule has 4 heterocycles. The van der Waals surface area contributed by atoms with Crippen LogP contribution in [-0.2, 0) is 45.5 Å². The first-order valence-electron chi connectivity index (χ1n) is 16.7. The van der Waals surface area contributed by atoms with Crippen LogP contribution in [0, 0.1) is 29.8 Å². The fraction of sp³-hybridized carbons (Fsp3) is 0.400. The number of nitrogens with zero attached hydrogens (tertiary/aromatic N) is 6. The van der Waals surface area contributed by atoms with Crippen molar-refractivity contribution in [2.24, 2.45) is 5.41 Å². The van der Waals surface area contributed by atoms with Crippen LogP contribution in [0.5, 0.6) is 11.9 Å². The molecule has 0 aliphatic carbocycles. The number of para-hydroxylation sites is 1. The van der Waals surface area contributed by atoms with Crippen molar-refractivity contribution in [3.63, 3.8) is 0 Å². The molecule has 5 aromatic rings. The Hall–Kier alpha value is -5.23. The molecule has 0 unspecified atom stereocenters. The molecule has 18 heteroatoms. The third kappa shape index (κ3) is 7.92. The van der Waals surface area contributed by atoms with Crippen molar-refractivity contribution in [3.8, 4) is 23.0 Å². The Morgan fingerprint density at radius 1 is 0.981 bits per heavy atom. The van der Waals surface area contributed by atoms with Gasteiger partial charge >= 0.3 is 12.0 Å². The highest BCUT2D eigenvalue weighted by molar-refractivity contribution is 7.92. The van der Waals surface area contributed by atoms with Crippen molar-refractivity contribution in [2.45, 2.75) is 72.6 Å². The second-order valence-corrected chi connectivity index (χ2v) is 14.6. The molecule has 0 fully saturated rings. The standard InChI is InChI=1S/C23H32N2O4.C12H8F3N5O3S/c1-7-16-13-15(3)14-17(8-2)18(16)19-20(26)24-9-11-28-12-10-25(24)21(19)29-22(27)23(4,5)6;1-23-12-16-5-8(15)10-17-11(18-20(10)12)24(21,22)19-9-6(13)3-2-4-7(9)14/h13-14H,7-12H2,1-6H3;2-5,19H,1H3. The molecule has 0 saturated carbocycles. The summed E-state index contributed by atoms with van der Waals surface area (Å²) in [7, 11) is -3.37. The minimum absolute atomic E-state index is 0.125. The number of aromatic nitrogens is 6. The van der Waals surface area contributed by atoms with E-state index in [-0.39, 0.29) is 17.5 Å². The molecular weight excluding hydrogens is 719 g/mol. The number of halogens is 3. The SMILES string of the molecule is CCc1cc(C)cc(CC)c1-c1c(OC(=O)C(C)(C)C)n2n(c1=O)CCOCC2.COc1ncc(F)c2nc(S(=O)(=O)Nc3c(F)cccc3F)nn12. The molecule has 1 aliphatic heterocycles. The van der Waals surface area contributed by atoms with Gasteiger partial charge in [0.15, 0.2) is 11.5 Å². The molecule has 0 bridgehead atoms. The molecule has 1 N–H and O–H groups in total. The first-order valence-corrected chi connectivity index (χ1v) is 18.2. The van der Waals surface area contributed by atoms with E-state index in [9.17, 15) is 31.2 Å². The van der Waals surface area contributed by atoms with Crippen LogP contribution in [0.4, 0.5) is 18.9 Å². The number of ether oxygens (including phenoxy) is 3. The van der Waals surface area contributed by atoms with Crippen molar-refractivity contribution in [1.29, 1.82) is 0 Å². The lowest BCUT2D eigenvalue weighted by molar-refractivity contribution is -0.143. The lowest BCUT2D eigenvalue weighted by atomic mass is 9.91. The maximum Gasteiger partial charge on any atom is 0.319 e. The molecule has 1 aliphatic rings. The van der Waals surface area contributed by atoms with Crippen LogP contribution in [0.3, 0.4) is 0 Å². The van der Waals surface area contributed by atoms with Gasteiger partial charge in [-0.15, -0.1) is 5.10 Å². The summed E-state index contributed by atoms with van der Waals surface area (Å²) < 4.78 is 87.4. The summed E-state index contributed by atoms with van der Waals surface area (Å²) in [4.78, 5) is 33.4. The number of methoxy groups -OCH3 is 1. The molecule has 284 valence electrons. The van der Waals surface area contributed by atoms with Crippen LogP contribution in [0.15, 0.2) is 46.5 Å². The van der Waals surface area contributed by atoms with Crippen LogP contribution in [0.1, 0.15) is 51.3 Å². The predicted molar refractivity (Wildman–Crippen MR) is 188 cm³/mol. The number of esters is 1. The van der Waals surface area contributed by atoms with E-state index in [2.05, 4.69) is 48.0 Å². The Morgan fingerprint density at radius 3 is 2.15 bits per heavy atom. The zero-order valence-electron chi connectivity index (χ0n) is 30.3. The topological polar surface area (TPSA) is 161 Å². The van der Waals surface area contributed by atoms with Crippen molar-refractivity contribution in [3.05, 3.63) is 81.0 Å². The maximum absolute atomic E-state index is 13.7. The summed E-state index contributed by atoms with van der Waals surface area (Å²) in [6, 6.07) is 6.82. The molecule has 0 radical (unpaired) electrons. The Kier molecular flexibility index (Phi) is 11.3. The van der Waals surface area contributed by atoms with Crippen molar-refractivity contribution in [1.82, 2.24) is 28.9 Å². The lowest BCUT2D eigenvalue weighted by Crippen LogP contribution is -2.27. The normalized spacial score (nSPS) is 13.2. The van der Waals surface area contributed by atoms with E-state index >= 15 is 0 Å². The number of benzene rings is 2. The first kappa shape index (κ1) is 39.0. The zero-order chi connectivity index (χ0) is 38.8. The van der Waals surface area contributed by atoms with Gasteiger partial charge in [0.2, 0.25) is 5.88 Å². The number of anilines is 1. The summed E-state index contributed by atoms with van der Waals surface area (Å²) in [5.41, 5.74) is 2.61. The highest BCUT2D eigenvalue weighted by Gasteiger charge is 2.32. The average molecular weight is 760 g/mol. The third-order valence-electron chi connectivity index (χ3n) is 8.24. The quantitative estimate of drug-likeness (QED) is 0.211. The number of aryl methyl sites for hydroxylation is 3. The van der Waals surface area contributed by atoms with Crippen LogP contribution in [0.2, 0.25) is 0 Å². The van der Waals surface area contributed by atoms with Gasteiger partial charge in [0.05, 0.1) is 45.0 Å². The Morgan fingerprint density at radius 2 is 1.58 bits per heavy atom. The number of hydrogen-bond donors (Lipinski definition) is 1. The second kappa shape index (κ2) is 15.4. The second-order valence-electron chi connectivity index (χ2n) is 13.1. The van der Waals surface area contributed by atoms with Crippen LogP contribution in [-0.4, -0.2) is 63.7 Å². The summed E-state index contributed by atoms with van der Waals surface area (Å²) in [5, 5.41) is 2.65. The number of sulfonamides is 1. The van der Waals surface area contributed by atoms with E-state index in [0.29, 0.717) is 42.3 Å². The van der Waals surface area contributed by atoms with Gasteiger partial charge in [-0.2, -0.15) is 17.9 Å². The molecular formula is C35H40F3N7O7S. The number of rotatable bonds is 8. The molecule has 0 saturated heterocycles. The summed E-state index contributed by atoms with van der Waals surface area (Å²) in [6.07, 6.45) is 2.36. The smallest absolute Gasteiger partial charge is 0.319 e. The molecule has 53 heavy (non-hydrogen) atoms. The Labute approximate surface area is 303 Å². The molecule has 14 nitrogen and oxygen atoms in total. The van der Waals surface area contributed by atoms with Gasteiger partial charge < -0.3 is 14.2 Å². The highest BCUT2D eigenvalue weighted by atomic mass is 32.2. The Bertz CT molecular complexity index is 2300. The number of carbonyl (C=O) groups excluding carboxylic acids is 1. The van der Waals surface area contributed by atoms with Crippen molar-refractivity contribution in [2.75, 3.05) is 25.0 Å². The van der Waals surface area contributed by atoms with Crippen LogP contribution in [0.25, 0.3) is 16.8 Å². The number of fused-ring (bicyclic) bond motifs is 2. The van der Waals surface area contributed by atoms with E-state index in [1.807, 2.05) is 20.8 Å². The van der Waals surface area contributed by atoms with Gasteiger partial charge in [-0.05, 0) is 69.4 Å². The minimum Gasteiger partial charge on any atom is -0.467 e. The van der Waals surface area contributed by atoms with Gasteiger partial charge in [-0.25, -0.2) is 27.5 Å². The predicted octanol–water partition coefficient (Wildman–Crippen LogP) is 5.08. The van der Waals surface area contributed by atoms with Gasteiger partial charge in [0.25, 0.3) is 20.7 Å². The fourth-order valence-electron chi connectivity index (χ4n) is 5.63. The lowest BCUT2D eigenvalue weighted by Gasteiger charge is -2.19. The van der Waals surface area contributed by atoms with Gasteiger partial charge in [0, 0.05) is 0 Å². The fourth-order valence-corrected chi connectivity index (χ4v) is 6.58. The van der Waals surface area contributed by atoms with Crippen LogP contribution >= 0.6 is 0 Å². The summed E-state index contributed by atoms with van der Waals surface area (Å²) in [5.74, 6) is -3.23. The van der Waals surface area contributed by atoms with Gasteiger partial charge in [0.1, 0.15) is 22.9 Å². The van der Waals surface area contributed by atoms with E-state index in [1.165, 1.54) is 12.7 Å². The van der Waals surface area contributed by atoms with E-state index in [4.69, 9.17) is 14.2 Å². The number of nitrogens with one attached hydrogen (secondary N) is 1. The zero-order valence-corrected chi connectivity index (χ0v) is 31.1. The van der Waals surface area contributed by atoms with E-state index in [1.54, 1.807) is 14.1 Å².